The molecule has 1 aromatic carbocycles. The van der Waals surface area contributed by atoms with E-state index >= 15 is 0 Å². The predicted octanol–water partition coefficient (Wildman–Crippen LogP) is 3.19. The number of hydrogen-bond donors (Lipinski definition) is 0. The van der Waals surface area contributed by atoms with Crippen LogP contribution >= 0.6 is 0 Å². The molecule has 26 heavy (non-hydrogen) atoms. The molecule has 0 N–H and O–H groups in total. The molecule has 1 unspecified atom stereocenters. The highest BCUT2D eigenvalue weighted by Gasteiger charge is 2.28. The van der Waals surface area contributed by atoms with Crippen molar-refractivity contribution in [1.29, 1.82) is 0 Å². The van der Waals surface area contributed by atoms with Gasteiger partial charge in [-0.05, 0) is 42.8 Å². The predicted molar refractivity (Wildman–Crippen MR) is 101 cm³/mol. The van der Waals surface area contributed by atoms with Gasteiger partial charge in [-0.1, -0.05) is 12.1 Å². The summed E-state index contributed by atoms with van der Waals surface area (Å²) in [5.74, 6) is 1.58. The number of hydrogen-bond acceptors (Lipinski definition) is 6. The highest BCUT2D eigenvalue weighted by molar-refractivity contribution is 5.50. The minimum atomic E-state index is 0.300. The number of rotatable bonds is 5. The number of benzene rings is 1. The summed E-state index contributed by atoms with van der Waals surface area (Å²) < 4.78 is 5.90. The van der Waals surface area contributed by atoms with Crippen molar-refractivity contribution in [2.24, 2.45) is 0 Å². The Hall–Kier alpha value is -2.73. The average molecular weight is 349 g/mol. The first-order valence-corrected chi connectivity index (χ1v) is 8.91. The molecule has 0 bridgehead atoms. The third-order valence-corrected chi connectivity index (χ3v) is 4.83. The van der Waals surface area contributed by atoms with Gasteiger partial charge in [0.15, 0.2) is 0 Å². The zero-order chi connectivity index (χ0) is 17.9. The Morgan fingerprint density at radius 2 is 2.00 bits per heavy atom. The van der Waals surface area contributed by atoms with Crippen LogP contribution < -0.4 is 4.90 Å². The van der Waals surface area contributed by atoms with Crippen molar-refractivity contribution in [3.05, 3.63) is 60.2 Å². The summed E-state index contributed by atoms with van der Waals surface area (Å²) in [5, 5.41) is 8.46. The highest BCUT2D eigenvalue weighted by Crippen LogP contribution is 2.29. The Morgan fingerprint density at radius 1 is 1.15 bits per heavy atom. The summed E-state index contributed by atoms with van der Waals surface area (Å²) in [5.41, 5.74) is 3.42. The zero-order valence-corrected chi connectivity index (χ0v) is 15.2. The highest BCUT2D eigenvalue weighted by atomic mass is 16.4. The average Bonchev–Trinajstić information content (AvgIpc) is 3.32. The third kappa shape index (κ3) is 3.60. The number of nitrogens with zero attached hydrogens (tertiary/aromatic N) is 5. The van der Waals surface area contributed by atoms with Gasteiger partial charge in [-0.25, -0.2) is 0 Å². The molecule has 6 nitrogen and oxygen atoms in total. The Kier molecular flexibility index (Phi) is 4.67. The smallest absolute Gasteiger partial charge is 0.249 e. The lowest BCUT2D eigenvalue weighted by Crippen LogP contribution is -2.20. The van der Waals surface area contributed by atoms with E-state index in [1.807, 2.05) is 12.1 Å². The molecule has 0 radical (unpaired) electrons. The monoisotopic (exact) mass is 349 g/mol. The van der Waals surface area contributed by atoms with E-state index in [9.17, 15) is 0 Å². The molecule has 1 atom stereocenters. The lowest BCUT2D eigenvalue weighted by Gasteiger charge is -2.17. The van der Waals surface area contributed by atoms with E-state index in [1.165, 1.54) is 11.3 Å². The number of pyridine rings is 1. The second kappa shape index (κ2) is 7.25. The second-order valence-corrected chi connectivity index (χ2v) is 6.97. The number of likely N-dealkylation sites (tertiary alicyclic amines) is 1. The van der Waals surface area contributed by atoms with Crippen LogP contribution in [0.1, 0.15) is 23.8 Å². The first-order valence-electron chi connectivity index (χ1n) is 8.91. The van der Waals surface area contributed by atoms with Crippen molar-refractivity contribution in [2.45, 2.75) is 18.9 Å². The molecule has 1 saturated heterocycles. The van der Waals surface area contributed by atoms with Crippen LogP contribution in [0, 0.1) is 0 Å². The first-order chi connectivity index (χ1) is 12.7. The topological polar surface area (TPSA) is 58.3 Å². The van der Waals surface area contributed by atoms with Crippen LogP contribution in [0.3, 0.4) is 0 Å². The quantitative estimate of drug-likeness (QED) is 0.705. The molecular formula is C20H23N5O. The van der Waals surface area contributed by atoms with Gasteiger partial charge in [0, 0.05) is 45.3 Å². The van der Waals surface area contributed by atoms with Gasteiger partial charge < -0.3 is 9.32 Å². The molecule has 134 valence electrons. The van der Waals surface area contributed by atoms with Gasteiger partial charge in [0.25, 0.3) is 0 Å². The molecule has 1 aliphatic rings. The normalized spacial score (nSPS) is 17.5. The van der Waals surface area contributed by atoms with Crippen molar-refractivity contribution < 1.29 is 4.42 Å². The Balaban J connectivity index is 1.39. The maximum Gasteiger partial charge on any atom is 0.249 e. The summed E-state index contributed by atoms with van der Waals surface area (Å²) >= 11 is 0. The van der Waals surface area contributed by atoms with E-state index in [4.69, 9.17) is 4.42 Å². The van der Waals surface area contributed by atoms with Crippen LogP contribution in [-0.4, -0.2) is 47.3 Å². The van der Waals surface area contributed by atoms with E-state index < -0.39 is 0 Å². The fourth-order valence-electron chi connectivity index (χ4n) is 3.34. The summed E-state index contributed by atoms with van der Waals surface area (Å²) in [6.45, 7) is 2.95. The Bertz CT molecular complexity index is 844. The molecule has 1 fully saturated rings. The lowest BCUT2D eigenvalue weighted by atomic mass is 10.1. The van der Waals surface area contributed by atoms with Crippen LogP contribution in [0.2, 0.25) is 0 Å². The van der Waals surface area contributed by atoms with E-state index in [1.54, 1.807) is 12.4 Å². The second-order valence-electron chi connectivity index (χ2n) is 6.97. The SMILES string of the molecule is CN(C)c1ccc(CN2CCC(c3nnc(-c4cccnc4)o3)C2)cc1. The van der Waals surface area contributed by atoms with Gasteiger partial charge in [-0.2, -0.15) is 0 Å². The molecule has 0 aliphatic carbocycles. The van der Waals surface area contributed by atoms with Gasteiger partial charge in [-0.15, -0.1) is 10.2 Å². The van der Waals surface area contributed by atoms with Crippen molar-refractivity contribution >= 4 is 5.69 Å². The summed E-state index contributed by atoms with van der Waals surface area (Å²) in [4.78, 5) is 8.67. The van der Waals surface area contributed by atoms with Gasteiger partial charge in [0.05, 0.1) is 11.5 Å². The maximum absolute atomic E-state index is 5.90. The van der Waals surface area contributed by atoms with Crippen molar-refractivity contribution in [1.82, 2.24) is 20.1 Å². The zero-order valence-electron chi connectivity index (χ0n) is 15.2. The van der Waals surface area contributed by atoms with Crippen molar-refractivity contribution in [3.63, 3.8) is 0 Å². The molecule has 1 aliphatic heterocycles. The molecule has 0 spiro atoms. The molecule has 6 heteroatoms. The molecule has 3 aromatic rings. The van der Waals surface area contributed by atoms with E-state index in [-0.39, 0.29) is 0 Å². The van der Waals surface area contributed by atoms with Crippen LogP contribution in [-0.2, 0) is 6.54 Å². The number of anilines is 1. The molecule has 2 aromatic heterocycles. The number of aromatic nitrogens is 3. The first kappa shape index (κ1) is 16.7. The van der Waals surface area contributed by atoms with Gasteiger partial charge >= 0.3 is 0 Å². The van der Waals surface area contributed by atoms with Crippen LogP contribution in [0.5, 0.6) is 0 Å². The van der Waals surface area contributed by atoms with E-state index in [2.05, 4.69) is 63.3 Å². The van der Waals surface area contributed by atoms with Crippen LogP contribution in [0.4, 0.5) is 5.69 Å². The maximum atomic E-state index is 5.90. The minimum absolute atomic E-state index is 0.300. The molecule has 3 heterocycles. The summed E-state index contributed by atoms with van der Waals surface area (Å²) in [7, 11) is 4.12. The molecule has 4 rings (SSSR count). The molecule has 0 amide bonds. The minimum Gasteiger partial charge on any atom is -0.420 e. The standard InChI is InChI=1S/C20H23N5O/c1-24(2)18-7-5-15(6-8-18)13-25-11-9-17(14-25)20-23-22-19(26-20)16-4-3-10-21-12-16/h3-8,10,12,17H,9,11,13-14H2,1-2H3. The van der Waals surface area contributed by atoms with Gasteiger partial charge in [-0.3, -0.25) is 9.88 Å². The van der Waals surface area contributed by atoms with E-state index in [0.717, 1.165) is 37.5 Å². The Labute approximate surface area is 153 Å². The van der Waals surface area contributed by atoms with Gasteiger partial charge in [0.2, 0.25) is 11.8 Å². The summed E-state index contributed by atoms with van der Waals surface area (Å²) in [6, 6.07) is 12.6. The van der Waals surface area contributed by atoms with Crippen molar-refractivity contribution in [3.8, 4) is 11.5 Å². The Morgan fingerprint density at radius 3 is 2.73 bits per heavy atom. The van der Waals surface area contributed by atoms with Crippen LogP contribution in [0.15, 0.2) is 53.2 Å². The molecule has 0 saturated carbocycles. The van der Waals surface area contributed by atoms with Crippen LogP contribution in [0.25, 0.3) is 11.5 Å². The largest absolute Gasteiger partial charge is 0.420 e. The fraction of sp³-hybridized carbons (Fsp3) is 0.350. The van der Waals surface area contributed by atoms with E-state index in [0.29, 0.717) is 11.8 Å². The molecular weight excluding hydrogens is 326 g/mol. The third-order valence-electron chi connectivity index (χ3n) is 4.83. The van der Waals surface area contributed by atoms with Crippen molar-refractivity contribution in [2.75, 3.05) is 32.1 Å². The lowest BCUT2D eigenvalue weighted by molar-refractivity contribution is 0.320. The summed E-state index contributed by atoms with van der Waals surface area (Å²) in [6.07, 6.45) is 4.53. The fourth-order valence-corrected chi connectivity index (χ4v) is 3.34. The van der Waals surface area contributed by atoms with Gasteiger partial charge in [0.1, 0.15) is 0 Å².